The van der Waals surface area contributed by atoms with E-state index >= 15 is 0 Å². The predicted molar refractivity (Wildman–Crippen MR) is 109 cm³/mol. The third-order valence-electron chi connectivity index (χ3n) is 4.37. The lowest BCUT2D eigenvalue weighted by molar-refractivity contribution is -0.00501. The fourth-order valence-electron chi connectivity index (χ4n) is 2.63. The maximum absolute atomic E-state index is 5.50. The van der Waals surface area contributed by atoms with Gasteiger partial charge in [-0.3, -0.25) is 4.99 Å². The molecule has 1 saturated heterocycles. The van der Waals surface area contributed by atoms with E-state index in [4.69, 9.17) is 14.2 Å². The summed E-state index contributed by atoms with van der Waals surface area (Å²) in [6.07, 6.45) is 3.02. The lowest BCUT2D eigenvalue weighted by atomic mass is 9.88. The molecule has 1 aliphatic rings. The van der Waals surface area contributed by atoms with Crippen LogP contribution in [0.3, 0.4) is 0 Å². The summed E-state index contributed by atoms with van der Waals surface area (Å²) in [5.41, 5.74) is 0.138. The van der Waals surface area contributed by atoms with Gasteiger partial charge in [0.2, 0.25) is 0 Å². The van der Waals surface area contributed by atoms with E-state index in [2.05, 4.69) is 34.6 Å². The van der Waals surface area contributed by atoms with Gasteiger partial charge in [0, 0.05) is 52.6 Å². The highest BCUT2D eigenvalue weighted by Crippen LogP contribution is 2.24. The van der Waals surface area contributed by atoms with Gasteiger partial charge in [-0.2, -0.15) is 0 Å². The number of nitrogens with one attached hydrogen (secondary N) is 2. The fourth-order valence-corrected chi connectivity index (χ4v) is 2.63. The first-order chi connectivity index (χ1) is 11.1. The highest BCUT2D eigenvalue weighted by atomic mass is 127. The van der Waals surface area contributed by atoms with Crippen LogP contribution in [0.15, 0.2) is 4.99 Å². The van der Waals surface area contributed by atoms with Crippen molar-refractivity contribution in [2.75, 3.05) is 74.4 Å². The van der Waals surface area contributed by atoms with Crippen molar-refractivity contribution in [2.24, 2.45) is 4.99 Å². The smallest absolute Gasteiger partial charge is 0.191 e. The van der Waals surface area contributed by atoms with Crippen molar-refractivity contribution in [1.82, 2.24) is 15.5 Å². The molecule has 0 unspecified atom stereocenters. The highest BCUT2D eigenvalue weighted by molar-refractivity contribution is 14.0. The summed E-state index contributed by atoms with van der Waals surface area (Å²) in [6, 6.07) is 0. The normalized spacial score (nSPS) is 17.5. The van der Waals surface area contributed by atoms with Gasteiger partial charge in [0.05, 0.1) is 13.2 Å². The highest BCUT2D eigenvalue weighted by Gasteiger charge is 2.34. The van der Waals surface area contributed by atoms with Crippen LogP contribution < -0.4 is 10.6 Å². The van der Waals surface area contributed by atoms with Crippen molar-refractivity contribution in [3.8, 4) is 0 Å². The van der Waals surface area contributed by atoms with E-state index < -0.39 is 0 Å². The summed E-state index contributed by atoms with van der Waals surface area (Å²) < 4.78 is 15.9. The molecule has 0 aromatic heterocycles. The minimum Gasteiger partial charge on any atom is -0.382 e. The molecule has 0 aliphatic carbocycles. The summed E-state index contributed by atoms with van der Waals surface area (Å²) in [4.78, 5) is 6.60. The maximum Gasteiger partial charge on any atom is 0.191 e. The Morgan fingerprint density at radius 1 is 1.17 bits per heavy atom. The lowest BCUT2D eigenvalue weighted by Crippen LogP contribution is -2.57. The maximum atomic E-state index is 5.50. The topological polar surface area (TPSA) is 67.4 Å². The molecule has 1 fully saturated rings. The average Bonchev–Trinajstić information content (AvgIpc) is 2.57. The summed E-state index contributed by atoms with van der Waals surface area (Å²) in [7, 11) is 7.76. The van der Waals surface area contributed by atoms with Gasteiger partial charge in [0.1, 0.15) is 0 Å². The quantitative estimate of drug-likeness (QED) is 0.220. The standard InChI is InChI=1S/C16H34N4O3.HI/c1-17-15(18-8-5-9-22-13-12-21-4)19-14-16(20(2)3)6-10-23-11-7-16;/h5-14H2,1-4H3,(H2,17,18,19);1H. The Kier molecular flexibility index (Phi) is 14.0. The monoisotopic (exact) mass is 458 g/mol. The number of guanidine groups is 1. The summed E-state index contributed by atoms with van der Waals surface area (Å²) in [5, 5.41) is 6.79. The Morgan fingerprint density at radius 3 is 2.46 bits per heavy atom. The molecule has 0 radical (unpaired) electrons. The van der Waals surface area contributed by atoms with Crippen LogP contribution in [0, 0.1) is 0 Å². The number of methoxy groups -OCH3 is 1. The summed E-state index contributed by atoms with van der Waals surface area (Å²) in [5.74, 6) is 0.842. The van der Waals surface area contributed by atoms with Crippen molar-refractivity contribution < 1.29 is 14.2 Å². The van der Waals surface area contributed by atoms with Gasteiger partial charge >= 0.3 is 0 Å². The minimum atomic E-state index is 0. The van der Waals surface area contributed by atoms with Crippen LogP contribution in [0.5, 0.6) is 0 Å². The number of halogens is 1. The summed E-state index contributed by atoms with van der Waals surface area (Å²) >= 11 is 0. The van der Waals surface area contributed by atoms with E-state index in [1.165, 1.54) is 0 Å². The number of likely N-dealkylation sites (N-methyl/N-ethyl adjacent to an activating group) is 1. The largest absolute Gasteiger partial charge is 0.382 e. The number of rotatable bonds is 10. The molecule has 0 amide bonds. The van der Waals surface area contributed by atoms with E-state index in [0.717, 1.165) is 58.1 Å². The molecule has 0 bridgehead atoms. The first-order valence-corrected chi connectivity index (χ1v) is 8.41. The Labute approximate surface area is 163 Å². The van der Waals surface area contributed by atoms with Crippen molar-refractivity contribution in [3.63, 3.8) is 0 Å². The zero-order valence-electron chi connectivity index (χ0n) is 15.6. The van der Waals surface area contributed by atoms with Crippen LogP contribution >= 0.6 is 24.0 Å². The van der Waals surface area contributed by atoms with Gasteiger partial charge in [-0.1, -0.05) is 0 Å². The molecule has 0 atom stereocenters. The molecule has 144 valence electrons. The van der Waals surface area contributed by atoms with Gasteiger partial charge < -0.3 is 29.7 Å². The van der Waals surface area contributed by atoms with Crippen molar-refractivity contribution in [2.45, 2.75) is 24.8 Å². The van der Waals surface area contributed by atoms with Crippen molar-refractivity contribution in [1.29, 1.82) is 0 Å². The van der Waals surface area contributed by atoms with E-state index in [0.29, 0.717) is 13.2 Å². The van der Waals surface area contributed by atoms with Crippen LogP contribution in [-0.4, -0.2) is 90.8 Å². The number of ether oxygens (including phenoxy) is 3. The second-order valence-electron chi connectivity index (χ2n) is 6.04. The third kappa shape index (κ3) is 8.80. The van der Waals surface area contributed by atoms with Crippen LogP contribution in [-0.2, 0) is 14.2 Å². The van der Waals surface area contributed by atoms with Crippen molar-refractivity contribution >= 4 is 29.9 Å². The molecule has 1 aliphatic heterocycles. The minimum absolute atomic E-state index is 0. The number of nitrogens with zero attached hydrogens (tertiary/aromatic N) is 2. The molecular weight excluding hydrogens is 423 g/mol. The lowest BCUT2D eigenvalue weighted by Gasteiger charge is -2.43. The van der Waals surface area contributed by atoms with E-state index in [-0.39, 0.29) is 29.5 Å². The van der Waals surface area contributed by atoms with Gasteiger partial charge in [0.25, 0.3) is 0 Å². The van der Waals surface area contributed by atoms with Gasteiger partial charge in [0.15, 0.2) is 5.96 Å². The number of hydrogen-bond acceptors (Lipinski definition) is 5. The van der Waals surface area contributed by atoms with Crippen molar-refractivity contribution in [3.05, 3.63) is 0 Å². The summed E-state index contributed by atoms with van der Waals surface area (Å²) in [6.45, 7) is 5.38. The third-order valence-corrected chi connectivity index (χ3v) is 4.37. The molecule has 24 heavy (non-hydrogen) atoms. The van der Waals surface area contributed by atoms with Crippen LogP contribution in [0.25, 0.3) is 0 Å². The molecule has 0 aromatic carbocycles. The molecule has 0 aromatic rings. The van der Waals surface area contributed by atoms with E-state index in [1.807, 2.05) is 0 Å². The van der Waals surface area contributed by atoms with E-state index in [9.17, 15) is 0 Å². The zero-order chi connectivity index (χ0) is 17.0. The van der Waals surface area contributed by atoms with Gasteiger partial charge in [-0.05, 0) is 33.4 Å². The number of aliphatic imine (C=N–C) groups is 1. The van der Waals surface area contributed by atoms with Crippen LogP contribution in [0.1, 0.15) is 19.3 Å². The molecule has 1 rings (SSSR count). The second kappa shape index (κ2) is 14.1. The van der Waals surface area contributed by atoms with Gasteiger partial charge in [-0.25, -0.2) is 0 Å². The molecule has 7 nitrogen and oxygen atoms in total. The van der Waals surface area contributed by atoms with Crippen LogP contribution in [0.2, 0.25) is 0 Å². The Morgan fingerprint density at radius 2 is 1.88 bits per heavy atom. The molecule has 2 N–H and O–H groups in total. The average molecular weight is 458 g/mol. The first-order valence-electron chi connectivity index (χ1n) is 8.41. The molecule has 1 heterocycles. The first kappa shape index (κ1) is 23.8. The van der Waals surface area contributed by atoms with Gasteiger partial charge in [-0.15, -0.1) is 24.0 Å². The Balaban J connectivity index is 0.00000529. The fraction of sp³-hybridized carbons (Fsp3) is 0.938. The molecule has 0 spiro atoms. The Bertz CT molecular complexity index is 337. The van der Waals surface area contributed by atoms with Crippen LogP contribution in [0.4, 0.5) is 0 Å². The van der Waals surface area contributed by atoms with E-state index in [1.54, 1.807) is 14.2 Å². The second-order valence-corrected chi connectivity index (χ2v) is 6.04. The molecular formula is C16H35IN4O3. The SMILES string of the molecule is CN=C(NCCCOCCOC)NCC1(N(C)C)CCOCC1.I. The predicted octanol–water partition coefficient (Wildman–Crippen LogP) is 0.933. The molecule has 0 saturated carbocycles. The molecule has 8 heteroatoms. The Hall–Kier alpha value is -0.160. The zero-order valence-corrected chi connectivity index (χ0v) is 17.9. The number of hydrogen-bond donors (Lipinski definition) is 2.